The van der Waals surface area contributed by atoms with Gasteiger partial charge in [0.2, 0.25) is 0 Å². The predicted molar refractivity (Wildman–Crippen MR) is 78.3 cm³/mol. The highest BCUT2D eigenvalue weighted by Gasteiger charge is 2.14. The van der Waals surface area contributed by atoms with Gasteiger partial charge in [-0.25, -0.2) is 0 Å². The molecule has 21 heavy (non-hydrogen) atoms. The van der Waals surface area contributed by atoms with E-state index in [1.54, 1.807) is 18.2 Å². The third kappa shape index (κ3) is 3.34. The van der Waals surface area contributed by atoms with E-state index in [1.807, 2.05) is 30.3 Å². The van der Waals surface area contributed by atoms with Crippen LogP contribution in [0.25, 0.3) is 0 Å². The molecule has 0 saturated carbocycles. The molecule has 0 unspecified atom stereocenters. The molecule has 108 valence electrons. The Morgan fingerprint density at radius 1 is 1.00 bits per heavy atom. The lowest BCUT2D eigenvalue weighted by Gasteiger charge is -2.18. The first-order valence-corrected chi connectivity index (χ1v) is 6.93. The topological polar surface area (TPSA) is 44.8 Å². The largest absolute Gasteiger partial charge is 0.493 e. The maximum absolute atomic E-state index is 12.1. The third-order valence-corrected chi connectivity index (χ3v) is 3.21. The minimum Gasteiger partial charge on any atom is -0.493 e. The smallest absolute Gasteiger partial charge is 0.166 e. The van der Waals surface area contributed by atoms with Gasteiger partial charge >= 0.3 is 0 Å². The van der Waals surface area contributed by atoms with E-state index in [0.29, 0.717) is 43.3 Å². The number of rotatable bonds is 5. The van der Waals surface area contributed by atoms with Gasteiger partial charge in [-0.3, -0.25) is 4.79 Å². The van der Waals surface area contributed by atoms with Crippen LogP contribution in [0.2, 0.25) is 0 Å². The number of hydrogen-bond donors (Lipinski definition) is 0. The van der Waals surface area contributed by atoms with Crippen molar-refractivity contribution in [1.29, 1.82) is 0 Å². The molecular formula is C17H16O4. The molecule has 3 rings (SSSR count). The first-order chi connectivity index (χ1) is 10.3. The van der Waals surface area contributed by atoms with E-state index in [2.05, 4.69) is 0 Å². The van der Waals surface area contributed by atoms with E-state index in [1.165, 1.54) is 0 Å². The average molecular weight is 284 g/mol. The number of ketones is 1. The summed E-state index contributed by atoms with van der Waals surface area (Å²) in [6, 6.07) is 14.7. The fraction of sp³-hybridized carbons (Fsp3) is 0.235. The molecule has 2 aromatic rings. The number of fused-ring (bicyclic) bond motifs is 1. The molecule has 0 amide bonds. The van der Waals surface area contributed by atoms with Crippen LogP contribution in [-0.2, 0) is 0 Å². The minimum atomic E-state index is 0.0305. The third-order valence-electron chi connectivity index (χ3n) is 3.21. The molecule has 0 spiro atoms. The maximum atomic E-state index is 12.1. The van der Waals surface area contributed by atoms with Crippen molar-refractivity contribution in [2.45, 2.75) is 6.42 Å². The molecule has 0 aliphatic carbocycles. The van der Waals surface area contributed by atoms with Gasteiger partial charge in [-0.1, -0.05) is 18.2 Å². The monoisotopic (exact) mass is 284 g/mol. The van der Waals surface area contributed by atoms with Crippen LogP contribution >= 0.6 is 0 Å². The van der Waals surface area contributed by atoms with E-state index in [0.717, 1.165) is 5.75 Å². The SMILES string of the molecule is O=C(CCOc1ccccc1)c1ccc2c(c1)OCCO2. The summed E-state index contributed by atoms with van der Waals surface area (Å²) in [7, 11) is 0. The maximum Gasteiger partial charge on any atom is 0.166 e. The fourth-order valence-electron chi connectivity index (χ4n) is 2.14. The van der Waals surface area contributed by atoms with E-state index < -0.39 is 0 Å². The van der Waals surface area contributed by atoms with Gasteiger partial charge in [0.1, 0.15) is 19.0 Å². The van der Waals surface area contributed by atoms with Gasteiger partial charge in [0.25, 0.3) is 0 Å². The summed E-state index contributed by atoms with van der Waals surface area (Å²) in [6.45, 7) is 1.42. The van der Waals surface area contributed by atoms with Gasteiger partial charge in [-0.15, -0.1) is 0 Å². The lowest BCUT2D eigenvalue weighted by atomic mass is 10.1. The molecule has 0 aromatic heterocycles. The number of carbonyl (C=O) groups is 1. The summed E-state index contributed by atoms with van der Waals surface area (Å²) >= 11 is 0. The van der Waals surface area contributed by atoms with Crippen molar-refractivity contribution in [3.05, 3.63) is 54.1 Å². The Morgan fingerprint density at radius 3 is 2.57 bits per heavy atom. The number of para-hydroxylation sites is 1. The van der Waals surface area contributed by atoms with Crippen molar-refractivity contribution < 1.29 is 19.0 Å². The molecule has 4 heteroatoms. The van der Waals surface area contributed by atoms with E-state index in [9.17, 15) is 4.79 Å². The Kier molecular flexibility index (Phi) is 4.05. The number of carbonyl (C=O) groups excluding carboxylic acids is 1. The average Bonchev–Trinajstić information content (AvgIpc) is 2.55. The van der Waals surface area contributed by atoms with E-state index in [-0.39, 0.29) is 5.78 Å². The molecule has 0 saturated heterocycles. The molecule has 0 atom stereocenters. The Hall–Kier alpha value is -2.49. The van der Waals surface area contributed by atoms with Gasteiger partial charge < -0.3 is 14.2 Å². The highest BCUT2D eigenvalue weighted by Crippen LogP contribution is 2.31. The van der Waals surface area contributed by atoms with Crippen LogP contribution in [0.5, 0.6) is 17.2 Å². The second-order valence-electron chi connectivity index (χ2n) is 4.69. The van der Waals surface area contributed by atoms with Gasteiger partial charge in [-0.2, -0.15) is 0 Å². The van der Waals surface area contributed by atoms with Crippen molar-refractivity contribution >= 4 is 5.78 Å². The molecule has 0 radical (unpaired) electrons. The van der Waals surface area contributed by atoms with Crippen molar-refractivity contribution in [2.24, 2.45) is 0 Å². The molecule has 0 fully saturated rings. The molecular weight excluding hydrogens is 268 g/mol. The van der Waals surface area contributed by atoms with Crippen molar-refractivity contribution in [1.82, 2.24) is 0 Å². The molecule has 1 aliphatic rings. The number of Topliss-reactive ketones (excluding diaryl/α,β-unsaturated/α-hetero) is 1. The molecule has 1 heterocycles. The first-order valence-electron chi connectivity index (χ1n) is 6.93. The normalized spacial score (nSPS) is 12.8. The standard InChI is InChI=1S/C17H16O4/c18-15(8-9-19-14-4-2-1-3-5-14)13-6-7-16-17(12-13)21-11-10-20-16/h1-7,12H,8-11H2. The lowest BCUT2D eigenvalue weighted by Crippen LogP contribution is -2.16. The second kappa shape index (κ2) is 6.31. The zero-order valence-electron chi connectivity index (χ0n) is 11.6. The minimum absolute atomic E-state index is 0.0305. The Labute approximate surface area is 123 Å². The molecule has 4 nitrogen and oxygen atoms in total. The summed E-state index contributed by atoms with van der Waals surface area (Å²) < 4.78 is 16.4. The summed E-state index contributed by atoms with van der Waals surface area (Å²) in [6.07, 6.45) is 0.328. The summed E-state index contributed by atoms with van der Waals surface area (Å²) in [5.74, 6) is 2.13. The van der Waals surface area contributed by atoms with Crippen LogP contribution in [0.3, 0.4) is 0 Å². The quantitative estimate of drug-likeness (QED) is 0.791. The zero-order chi connectivity index (χ0) is 14.5. The van der Waals surface area contributed by atoms with Crippen molar-refractivity contribution in [3.8, 4) is 17.2 Å². The van der Waals surface area contributed by atoms with Crippen LogP contribution in [-0.4, -0.2) is 25.6 Å². The Morgan fingerprint density at radius 2 is 1.76 bits per heavy atom. The Balaban J connectivity index is 1.58. The van der Waals surface area contributed by atoms with Crippen LogP contribution in [0, 0.1) is 0 Å². The van der Waals surface area contributed by atoms with Gasteiger partial charge in [0.15, 0.2) is 17.3 Å². The molecule has 0 bridgehead atoms. The zero-order valence-corrected chi connectivity index (χ0v) is 11.6. The summed E-state index contributed by atoms with van der Waals surface area (Å²) in [5, 5.41) is 0. The van der Waals surface area contributed by atoms with Crippen LogP contribution in [0.15, 0.2) is 48.5 Å². The van der Waals surface area contributed by atoms with Gasteiger partial charge in [-0.05, 0) is 30.3 Å². The Bertz CT molecular complexity index is 622. The molecule has 2 aromatic carbocycles. The van der Waals surface area contributed by atoms with Crippen molar-refractivity contribution in [3.63, 3.8) is 0 Å². The van der Waals surface area contributed by atoms with Crippen LogP contribution in [0.1, 0.15) is 16.8 Å². The van der Waals surface area contributed by atoms with Crippen LogP contribution in [0.4, 0.5) is 0 Å². The van der Waals surface area contributed by atoms with Crippen molar-refractivity contribution in [2.75, 3.05) is 19.8 Å². The van der Waals surface area contributed by atoms with E-state index in [4.69, 9.17) is 14.2 Å². The predicted octanol–water partition coefficient (Wildman–Crippen LogP) is 3.11. The first kappa shape index (κ1) is 13.5. The highest BCUT2D eigenvalue weighted by atomic mass is 16.6. The van der Waals surface area contributed by atoms with Gasteiger partial charge in [0.05, 0.1) is 6.61 Å². The molecule has 1 aliphatic heterocycles. The van der Waals surface area contributed by atoms with Crippen LogP contribution < -0.4 is 14.2 Å². The molecule has 0 N–H and O–H groups in total. The fourth-order valence-corrected chi connectivity index (χ4v) is 2.14. The highest BCUT2D eigenvalue weighted by molar-refractivity contribution is 5.96. The second-order valence-corrected chi connectivity index (χ2v) is 4.69. The number of hydrogen-bond acceptors (Lipinski definition) is 4. The summed E-state index contributed by atoms with van der Waals surface area (Å²) in [5.41, 5.74) is 0.621. The number of ether oxygens (including phenoxy) is 3. The van der Waals surface area contributed by atoms with E-state index >= 15 is 0 Å². The lowest BCUT2D eigenvalue weighted by molar-refractivity contribution is 0.0961. The number of benzene rings is 2. The van der Waals surface area contributed by atoms with Gasteiger partial charge in [0, 0.05) is 12.0 Å². The summed E-state index contributed by atoms with van der Waals surface area (Å²) in [4.78, 5) is 12.1.